The summed E-state index contributed by atoms with van der Waals surface area (Å²) in [5.74, 6) is 0. The van der Waals surface area contributed by atoms with E-state index in [-0.39, 0.29) is 0 Å². The first-order valence-corrected chi connectivity index (χ1v) is 8.26. The van der Waals surface area contributed by atoms with Crippen LogP contribution in [0.15, 0.2) is 48.1 Å². The summed E-state index contributed by atoms with van der Waals surface area (Å²) in [5.41, 5.74) is 2.76. The fourth-order valence-corrected chi connectivity index (χ4v) is 3.21. The molecule has 2 aliphatic rings. The molecule has 1 aliphatic carbocycles. The van der Waals surface area contributed by atoms with Crippen molar-refractivity contribution in [1.29, 1.82) is 0 Å². The van der Waals surface area contributed by atoms with Gasteiger partial charge in [-0.25, -0.2) is 0 Å². The number of nitrogens with one attached hydrogen (secondary N) is 1. The van der Waals surface area contributed by atoms with Gasteiger partial charge in [-0.1, -0.05) is 35.4 Å². The summed E-state index contributed by atoms with van der Waals surface area (Å²) in [6.45, 7) is 3.52. The van der Waals surface area contributed by atoms with Gasteiger partial charge in [0.2, 0.25) is 0 Å². The molecule has 112 valence electrons. The first-order valence-electron chi connectivity index (χ1n) is 7.88. The highest BCUT2D eigenvalue weighted by atomic mass is 35.5. The van der Waals surface area contributed by atoms with E-state index in [4.69, 9.17) is 11.6 Å². The van der Waals surface area contributed by atoms with Crippen molar-refractivity contribution in [3.63, 3.8) is 0 Å². The molecular formula is C18H23ClN2. The summed E-state index contributed by atoms with van der Waals surface area (Å²) in [6.07, 6.45) is 11.6. The van der Waals surface area contributed by atoms with Crippen LogP contribution in [0, 0.1) is 0 Å². The smallest absolute Gasteiger partial charge is 0.0407 e. The van der Waals surface area contributed by atoms with Gasteiger partial charge >= 0.3 is 0 Å². The van der Waals surface area contributed by atoms with E-state index in [0.717, 1.165) is 11.6 Å². The van der Waals surface area contributed by atoms with Crippen molar-refractivity contribution in [2.75, 3.05) is 25.0 Å². The highest BCUT2D eigenvalue weighted by Gasteiger charge is 2.19. The van der Waals surface area contributed by atoms with E-state index in [1.54, 1.807) is 5.57 Å². The Kier molecular flexibility index (Phi) is 5.00. The highest BCUT2D eigenvalue weighted by Crippen LogP contribution is 2.20. The number of hydrogen-bond acceptors (Lipinski definition) is 2. The number of halogens is 1. The molecule has 21 heavy (non-hydrogen) atoms. The van der Waals surface area contributed by atoms with Crippen LogP contribution in [-0.4, -0.2) is 30.6 Å². The van der Waals surface area contributed by atoms with E-state index in [1.165, 1.54) is 44.5 Å². The minimum Gasteiger partial charge on any atom is -0.382 e. The molecule has 3 rings (SSSR count). The van der Waals surface area contributed by atoms with Gasteiger partial charge in [0, 0.05) is 36.4 Å². The predicted molar refractivity (Wildman–Crippen MR) is 91.0 cm³/mol. The highest BCUT2D eigenvalue weighted by molar-refractivity contribution is 6.30. The number of rotatable bonds is 4. The quantitative estimate of drug-likeness (QED) is 0.881. The van der Waals surface area contributed by atoms with Crippen LogP contribution in [0.1, 0.15) is 25.7 Å². The molecular weight excluding hydrogens is 280 g/mol. The van der Waals surface area contributed by atoms with Gasteiger partial charge in [-0.15, -0.1) is 0 Å². The molecule has 0 saturated carbocycles. The SMILES string of the molecule is Clc1ccc(NC2CCN(CC3=CC=CCC3)CC2)cc1. The van der Waals surface area contributed by atoms with Crippen LogP contribution in [0.4, 0.5) is 5.69 Å². The Labute approximate surface area is 132 Å². The molecule has 0 spiro atoms. The molecule has 1 N–H and O–H groups in total. The Morgan fingerprint density at radius 2 is 1.90 bits per heavy atom. The zero-order valence-electron chi connectivity index (χ0n) is 12.4. The second-order valence-electron chi connectivity index (χ2n) is 5.99. The first kappa shape index (κ1) is 14.7. The van der Waals surface area contributed by atoms with Gasteiger partial charge < -0.3 is 5.32 Å². The van der Waals surface area contributed by atoms with Crippen molar-refractivity contribution in [3.05, 3.63) is 53.1 Å². The van der Waals surface area contributed by atoms with Crippen LogP contribution in [0.2, 0.25) is 5.02 Å². The molecule has 0 radical (unpaired) electrons. The lowest BCUT2D eigenvalue weighted by Crippen LogP contribution is -2.40. The lowest BCUT2D eigenvalue weighted by Gasteiger charge is -2.33. The minimum atomic E-state index is 0.586. The van der Waals surface area contributed by atoms with E-state index in [9.17, 15) is 0 Å². The molecule has 1 saturated heterocycles. The van der Waals surface area contributed by atoms with Gasteiger partial charge in [0.1, 0.15) is 0 Å². The third kappa shape index (κ3) is 4.36. The molecule has 2 nitrogen and oxygen atoms in total. The normalized spacial score (nSPS) is 20.3. The van der Waals surface area contributed by atoms with Crippen molar-refractivity contribution in [3.8, 4) is 0 Å². The van der Waals surface area contributed by atoms with Crippen LogP contribution in [0.25, 0.3) is 0 Å². The summed E-state index contributed by atoms with van der Waals surface area (Å²) in [6, 6.07) is 8.61. The van der Waals surface area contributed by atoms with E-state index < -0.39 is 0 Å². The molecule has 3 heteroatoms. The van der Waals surface area contributed by atoms with E-state index >= 15 is 0 Å². The average molecular weight is 303 g/mol. The van der Waals surface area contributed by atoms with Crippen LogP contribution in [0.3, 0.4) is 0 Å². The number of nitrogens with zero attached hydrogens (tertiary/aromatic N) is 1. The minimum absolute atomic E-state index is 0.586. The monoisotopic (exact) mass is 302 g/mol. The van der Waals surface area contributed by atoms with Crippen molar-refractivity contribution < 1.29 is 0 Å². The third-order valence-corrected chi connectivity index (χ3v) is 4.58. The maximum absolute atomic E-state index is 5.92. The Hall–Kier alpha value is -1.25. The fraction of sp³-hybridized carbons (Fsp3) is 0.444. The molecule has 1 fully saturated rings. The Balaban J connectivity index is 1.45. The summed E-state index contributed by atoms with van der Waals surface area (Å²) < 4.78 is 0. The molecule has 1 aromatic carbocycles. The van der Waals surface area contributed by atoms with E-state index in [1.807, 2.05) is 12.1 Å². The molecule has 0 amide bonds. The summed E-state index contributed by atoms with van der Waals surface area (Å²) >= 11 is 5.92. The number of benzene rings is 1. The largest absolute Gasteiger partial charge is 0.382 e. The lowest BCUT2D eigenvalue weighted by molar-refractivity contribution is 0.234. The zero-order chi connectivity index (χ0) is 14.5. The molecule has 0 bridgehead atoms. The topological polar surface area (TPSA) is 15.3 Å². The average Bonchev–Trinajstić information content (AvgIpc) is 2.53. The summed E-state index contributed by atoms with van der Waals surface area (Å²) in [5, 5.41) is 4.42. The molecule has 0 aromatic heterocycles. The summed E-state index contributed by atoms with van der Waals surface area (Å²) in [7, 11) is 0. The van der Waals surface area contributed by atoms with Crippen LogP contribution < -0.4 is 5.32 Å². The Morgan fingerprint density at radius 3 is 2.57 bits per heavy atom. The van der Waals surface area contributed by atoms with E-state index in [2.05, 4.69) is 40.6 Å². The molecule has 0 unspecified atom stereocenters. The van der Waals surface area contributed by atoms with Gasteiger partial charge in [0.25, 0.3) is 0 Å². The second-order valence-corrected chi connectivity index (χ2v) is 6.43. The first-order chi connectivity index (χ1) is 10.3. The van der Waals surface area contributed by atoms with Gasteiger partial charge in [-0.05, 0) is 49.9 Å². The van der Waals surface area contributed by atoms with Gasteiger partial charge in [-0.3, -0.25) is 4.90 Å². The number of anilines is 1. The summed E-state index contributed by atoms with van der Waals surface area (Å²) in [4.78, 5) is 2.59. The maximum Gasteiger partial charge on any atom is 0.0407 e. The van der Waals surface area contributed by atoms with Crippen molar-refractivity contribution in [2.45, 2.75) is 31.7 Å². The van der Waals surface area contributed by atoms with Crippen LogP contribution in [0.5, 0.6) is 0 Å². The molecule has 1 heterocycles. The second kappa shape index (κ2) is 7.15. The number of allylic oxidation sites excluding steroid dienone is 3. The lowest BCUT2D eigenvalue weighted by atomic mass is 10.0. The van der Waals surface area contributed by atoms with Gasteiger partial charge in [-0.2, -0.15) is 0 Å². The number of likely N-dealkylation sites (tertiary alicyclic amines) is 1. The standard InChI is InChI=1S/C18H23ClN2/c19-16-6-8-17(9-7-16)20-18-10-12-21(13-11-18)14-15-4-2-1-3-5-15/h1-2,4,6-9,18,20H,3,5,10-14H2. The van der Waals surface area contributed by atoms with Crippen LogP contribution >= 0.6 is 11.6 Å². The van der Waals surface area contributed by atoms with Gasteiger partial charge in [0.05, 0.1) is 0 Å². The van der Waals surface area contributed by atoms with E-state index in [0.29, 0.717) is 6.04 Å². The third-order valence-electron chi connectivity index (χ3n) is 4.33. The van der Waals surface area contributed by atoms with Crippen molar-refractivity contribution in [1.82, 2.24) is 4.90 Å². The predicted octanol–water partition coefficient (Wildman–Crippen LogP) is 4.49. The van der Waals surface area contributed by atoms with Crippen LogP contribution in [-0.2, 0) is 0 Å². The van der Waals surface area contributed by atoms with Crippen molar-refractivity contribution in [2.24, 2.45) is 0 Å². The zero-order valence-corrected chi connectivity index (χ0v) is 13.1. The maximum atomic E-state index is 5.92. The number of piperidine rings is 1. The molecule has 1 aromatic rings. The van der Waals surface area contributed by atoms with Gasteiger partial charge in [0.15, 0.2) is 0 Å². The fourth-order valence-electron chi connectivity index (χ4n) is 3.09. The molecule has 1 aliphatic heterocycles. The number of hydrogen-bond donors (Lipinski definition) is 1. The Bertz CT molecular complexity index is 511. The Morgan fingerprint density at radius 1 is 1.14 bits per heavy atom. The van der Waals surface area contributed by atoms with Crippen molar-refractivity contribution >= 4 is 17.3 Å². The molecule has 0 atom stereocenters.